The molecule has 1 aromatic rings. The first-order valence-corrected chi connectivity index (χ1v) is 6.79. The highest BCUT2D eigenvalue weighted by molar-refractivity contribution is 5.85. The van der Waals surface area contributed by atoms with E-state index in [1.165, 1.54) is 0 Å². The summed E-state index contributed by atoms with van der Waals surface area (Å²) < 4.78 is 4.81. The third-order valence-electron chi connectivity index (χ3n) is 2.81. The van der Waals surface area contributed by atoms with Crippen LogP contribution in [0, 0.1) is 5.92 Å². The SMILES string of the molecule is CCOC(=O)N[C@H](C(=O)NCc1ccccc1)C(C)C. The van der Waals surface area contributed by atoms with Crippen molar-refractivity contribution in [1.29, 1.82) is 0 Å². The quantitative estimate of drug-likeness (QED) is 0.837. The smallest absolute Gasteiger partial charge is 0.407 e. The molecule has 0 aliphatic carbocycles. The van der Waals surface area contributed by atoms with Crippen molar-refractivity contribution in [3.63, 3.8) is 0 Å². The van der Waals surface area contributed by atoms with Crippen LogP contribution in [-0.4, -0.2) is 24.6 Å². The molecule has 20 heavy (non-hydrogen) atoms. The second kappa shape index (κ2) is 8.19. The molecule has 0 aliphatic rings. The van der Waals surface area contributed by atoms with Crippen molar-refractivity contribution in [3.05, 3.63) is 35.9 Å². The van der Waals surface area contributed by atoms with Crippen molar-refractivity contribution in [2.24, 2.45) is 5.92 Å². The first-order valence-electron chi connectivity index (χ1n) is 6.79. The van der Waals surface area contributed by atoms with Crippen LogP contribution >= 0.6 is 0 Å². The van der Waals surface area contributed by atoms with E-state index in [4.69, 9.17) is 4.74 Å². The molecule has 0 saturated carbocycles. The minimum Gasteiger partial charge on any atom is -0.450 e. The number of benzene rings is 1. The average molecular weight is 278 g/mol. The normalized spacial score (nSPS) is 11.8. The van der Waals surface area contributed by atoms with Gasteiger partial charge in [0.1, 0.15) is 6.04 Å². The third kappa shape index (κ3) is 5.30. The largest absolute Gasteiger partial charge is 0.450 e. The monoisotopic (exact) mass is 278 g/mol. The lowest BCUT2D eigenvalue weighted by molar-refractivity contribution is -0.124. The molecule has 0 aliphatic heterocycles. The zero-order valence-corrected chi connectivity index (χ0v) is 12.2. The lowest BCUT2D eigenvalue weighted by Crippen LogP contribution is -2.49. The van der Waals surface area contributed by atoms with E-state index in [-0.39, 0.29) is 18.4 Å². The van der Waals surface area contributed by atoms with Gasteiger partial charge in [-0.3, -0.25) is 4.79 Å². The van der Waals surface area contributed by atoms with Gasteiger partial charge in [0.25, 0.3) is 0 Å². The third-order valence-corrected chi connectivity index (χ3v) is 2.81. The van der Waals surface area contributed by atoms with Crippen LogP contribution < -0.4 is 10.6 Å². The molecule has 0 radical (unpaired) electrons. The number of carbonyl (C=O) groups is 2. The number of carbonyl (C=O) groups excluding carboxylic acids is 2. The summed E-state index contributed by atoms with van der Waals surface area (Å²) in [6, 6.07) is 9.02. The van der Waals surface area contributed by atoms with Gasteiger partial charge < -0.3 is 15.4 Å². The zero-order chi connectivity index (χ0) is 15.0. The first kappa shape index (κ1) is 16.0. The highest BCUT2D eigenvalue weighted by atomic mass is 16.5. The van der Waals surface area contributed by atoms with Crippen molar-refractivity contribution in [3.8, 4) is 0 Å². The van der Waals surface area contributed by atoms with Crippen molar-refractivity contribution in [1.82, 2.24) is 10.6 Å². The fraction of sp³-hybridized carbons (Fsp3) is 0.467. The molecule has 2 N–H and O–H groups in total. The molecule has 5 nitrogen and oxygen atoms in total. The summed E-state index contributed by atoms with van der Waals surface area (Å²) in [4.78, 5) is 23.5. The maximum atomic E-state index is 12.1. The average Bonchev–Trinajstić information content (AvgIpc) is 2.43. The Morgan fingerprint density at radius 3 is 2.40 bits per heavy atom. The summed E-state index contributed by atoms with van der Waals surface area (Å²) in [6.07, 6.45) is -0.568. The minimum atomic E-state index is -0.599. The van der Waals surface area contributed by atoms with Gasteiger partial charge in [0, 0.05) is 6.54 Å². The number of nitrogens with one attached hydrogen (secondary N) is 2. The number of hydrogen-bond donors (Lipinski definition) is 2. The summed E-state index contributed by atoms with van der Waals surface area (Å²) in [6.45, 7) is 6.19. The minimum absolute atomic E-state index is 0.0184. The van der Waals surface area contributed by atoms with E-state index >= 15 is 0 Å². The van der Waals surface area contributed by atoms with Crippen LogP contribution in [0.25, 0.3) is 0 Å². The van der Waals surface area contributed by atoms with E-state index in [0.717, 1.165) is 5.56 Å². The van der Waals surface area contributed by atoms with Gasteiger partial charge in [0.15, 0.2) is 0 Å². The lowest BCUT2D eigenvalue weighted by Gasteiger charge is -2.21. The molecular weight excluding hydrogens is 256 g/mol. The van der Waals surface area contributed by atoms with Crippen molar-refractivity contribution >= 4 is 12.0 Å². The van der Waals surface area contributed by atoms with Gasteiger partial charge >= 0.3 is 6.09 Å². The first-order chi connectivity index (χ1) is 9.54. The summed E-state index contributed by atoms with van der Waals surface area (Å²) in [7, 11) is 0. The van der Waals surface area contributed by atoms with Crippen LogP contribution in [0.3, 0.4) is 0 Å². The standard InChI is InChI=1S/C15H22N2O3/c1-4-20-15(19)17-13(11(2)3)14(18)16-10-12-8-6-5-7-9-12/h5-9,11,13H,4,10H2,1-3H3,(H,16,18)(H,17,19)/t13-/m0/s1. The number of rotatable bonds is 6. The molecule has 0 unspecified atom stereocenters. The fourth-order valence-corrected chi connectivity index (χ4v) is 1.73. The van der Waals surface area contributed by atoms with Crippen LogP contribution in [0.4, 0.5) is 4.79 Å². The Bertz CT molecular complexity index is 432. The van der Waals surface area contributed by atoms with Crippen molar-refractivity contribution in [2.45, 2.75) is 33.4 Å². The molecule has 2 amide bonds. The maximum Gasteiger partial charge on any atom is 0.407 e. The van der Waals surface area contributed by atoms with E-state index in [2.05, 4.69) is 10.6 Å². The van der Waals surface area contributed by atoms with Crippen molar-refractivity contribution in [2.75, 3.05) is 6.61 Å². The van der Waals surface area contributed by atoms with Gasteiger partial charge in [-0.05, 0) is 18.4 Å². The van der Waals surface area contributed by atoms with Gasteiger partial charge in [0.2, 0.25) is 5.91 Å². The second-order valence-electron chi connectivity index (χ2n) is 4.79. The van der Waals surface area contributed by atoms with Crippen LogP contribution in [0.1, 0.15) is 26.3 Å². The van der Waals surface area contributed by atoms with E-state index in [1.807, 2.05) is 44.2 Å². The van der Waals surface area contributed by atoms with Crippen LogP contribution in [0.2, 0.25) is 0 Å². The predicted octanol–water partition coefficient (Wildman–Crippen LogP) is 2.07. The van der Waals surface area contributed by atoms with Gasteiger partial charge in [-0.1, -0.05) is 44.2 Å². The van der Waals surface area contributed by atoms with Gasteiger partial charge in [0.05, 0.1) is 6.61 Å². The lowest BCUT2D eigenvalue weighted by atomic mass is 10.0. The summed E-state index contributed by atoms with van der Waals surface area (Å²) in [5.41, 5.74) is 1.01. The molecule has 110 valence electrons. The summed E-state index contributed by atoms with van der Waals surface area (Å²) in [5, 5.41) is 5.40. The number of hydrogen-bond acceptors (Lipinski definition) is 3. The number of alkyl carbamates (subject to hydrolysis) is 1. The summed E-state index contributed by atoms with van der Waals surface area (Å²) in [5.74, 6) is -0.230. The Kier molecular flexibility index (Phi) is 6.56. The highest BCUT2D eigenvalue weighted by Gasteiger charge is 2.24. The molecule has 0 bridgehead atoms. The van der Waals surface area contributed by atoms with Crippen LogP contribution in [-0.2, 0) is 16.1 Å². The van der Waals surface area contributed by atoms with E-state index in [1.54, 1.807) is 6.92 Å². The molecule has 1 atom stereocenters. The Balaban J connectivity index is 2.54. The van der Waals surface area contributed by atoms with Crippen molar-refractivity contribution < 1.29 is 14.3 Å². The molecule has 1 aromatic carbocycles. The Labute approximate surface area is 119 Å². The molecule has 0 aromatic heterocycles. The topological polar surface area (TPSA) is 67.4 Å². The Morgan fingerprint density at radius 1 is 1.20 bits per heavy atom. The van der Waals surface area contributed by atoms with E-state index in [0.29, 0.717) is 6.54 Å². The van der Waals surface area contributed by atoms with E-state index in [9.17, 15) is 9.59 Å². The number of amides is 2. The zero-order valence-electron chi connectivity index (χ0n) is 12.2. The summed E-state index contributed by atoms with van der Waals surface area (Å²) >= 11 is 0. The highest BCUT2D eigenvalue weighted by Crippen LogP contribution is 2.04. The molecule has 1 rings (SSSR count). The number of ether oxygens (including phenoxy) is 1. The predicted molar refractivity (Wildman–Crippen MR) is 77.1 cm³/mol. The molecule has 5 heteroatoms. The Hall–Kier alpha value is -2.04. The van der Waals surface area contributed by atoms with Crippen LogP contribution in [0.15, 0.2) is 30.3 Å². The van der Waals surface area contributed by atoms with E-state index < -0.39 is 12.1 Å². The Morgan fingerprint density at radius 2 is 1.85 bits per heavy atom. The molecule has 0 saturated heterocycles. The molecule has 0 spiro atoms. The second-order valence-corrected chi connectivity index (χ2v) is 4.79. The van der Waals surface area contributed by atoms with Gasteiger partial charge in [-0.2, -0.15) is 0 Å². The maximum absolute atomic E-state index is 12.1. The molecule has 0 heterocycles. The molecule has 0 fully saturated rings. The fourth-order valence-electron chi connectivity index (χ4n) is 1.73. The van der Waals surface area contributed by atoms with Crippen LogP contribution in [0.5, 0.6) is 0 Å². The van der Waals surface area contributed by atoms with Gasteiger partial charge in [-0.25, -0.2) is 4.79 Å². The van der Waals surface area contributed by atoms with Gasteiger partial charge in [-0.15, -0.1) is 0 Å². The molecular formula is C15H22N2O3.